The van der Waals surface area contributed by atoms with E-state index in [1.165, 1.54) is 36.0 Å². The molecule has 0 atom stereocenters. The first kappa shape index (κ1) is 15.1. The van der Waals surface area contributed by atoms with Crippen LogP contribution in [0.25, 0.3) is 11.1 Å². The summed E-state index contributed by atoms with van der Waals surface area (Å²) in [7, 11) is 0. The van der Waals surface area contributed by atoms with Gasteiger partial charge in [-0.05, 0) is 42.9 Å². The van der Waals surface area contributed by atoms with Crippen LogP contribution in [0.3, 0.4) is 0 Å². The fraction of sp³-hybridized carbons (Fsp3) is 0.438. The molecule has 108 valence electrons. The van der Waals surface area contributed by atoms with Gasteiger partial charge < -0.3 is 5.73 Å². The predicted octanol–water partition coefficient (Wildman–Crippen LogP) is 3.27. The Morgan fingerprint density at radius 2 is 1.90 bits per heavy atom. The average molecular weight is 292 g/mol. The summed E-state index contributed by atoms with van der Waals surface area (Å²) in [5.41, 5.74) is 9.31. The molecule has 1 aliphatic carbocycles. The fourth-order valence-corrected chi connectivity index (χ4v) is 2.58. The Bertz CT molecular complexity index is 529. The highest BCUT2D eigenvalue weighted by Gasteiger charge is 2.18. The Balaban J connectivity index is 0.00000147. The van der Waals surface area contributed by atoms with Gasteiger partial charge in [0.15, 0.2) is 0 Å². The van der Waals surface area contributed by atoms with Crippen molar-refractivity contribution in [1.29, 1.82) is 0 Å². The zero-order valence-corrected chi connectivity index (χ0v) is 12.5. The van der Waals surface area contributed by atoms with Crippen LogP contribution in [-0.4, -0.2) is 16.3 Å². The molecule has 1 aliphatic rings. The Morgan fingerprint density at radius 3 is 2.50 bits per heavy atom. The summed E-state index contributed by atoms with van der Waals surface area (Å²) in [6.45, 7) is 1.78. The Labute approximate surface area is 126 Å². The first-order valence-corrected chi connectivity index (χ1v) is 7.17. The Morgan fingerprint density at radius 1 is 1.15 bits per heavy atom. The lowest BCUT2D eigenvalue weighted by atomic mass is 9.85. The monoisotopic (exact) mass is 291 g/mol. The summed E-state index contributed by atoms with van der Waals surface area (Å²) in [6.07, 6.45) is 9.20. The lowest BCUT2D eigenvalue weighted by Crippen LogP contribution is -2.18. The predicted molar refractivity (Wildman–Crippen MR) is 85.0 cm³/mol. The minimum atomic E-state index is 0. The SMILES string of the molecule is Cl.NCCc1ccc(-c2cnn(CC3CCC3)c2)cc1. The minimum absolute atomic E-state index is 0. The van der Waals surface area contributed by atoms with Gasteiger partial charge in [-0.2, -0.15) is 5.10 Å². The molecule has 2 N–H and O–H groups in total. The van der Waals surface area contributed by atoms with Crippen molar-refractivity contribution in [3.8, 4) is 11.1 Å². The highest BCUT2D eigenvalue weighted by atomic mass is 35.5. The molecule has 20 heavy (non-hydrogen) atoms. The van der Waals surface area contributed by atoms with E-state index in [4.69, 9.17) is 5.73 Å². The molecule has 1 saturated carbocycles. The fourth-order valence-electron chi connectivity index (χ4n) is 2.58. The third-order valence-electron chi connectivity index (χ3n) is 4.02. The van der Waals surface area contributed by atoms with E-state index in [2.05, 4.69) is 40.2 Å². The molecule has 0 radical (unpaired) electrons. The third kappa shape index (κ3) is 3.41. The van der Waals surface area contributed by atoms with E-state index in [1.54, 1.807) is 0 Å². The molecule has 4 heteroatoms. The second-order valence-electron chi connectivity index (χ2n) is 5.48. The van der Waals surface area contributed by atoms with E-state index in [-0.39, 0.29) is 12.4 Å². The minimum Gasteiger partial charge on any atom is -0.330 e. The smallest absolute Gasteiger partial charge is 0.0568 e. The van der Waals surface area contributed by atoms with E-state index in [0.29, 0.717) is 6.54 Å². The number of hydrogen-bond donors (Lipinski definition) is 1. The number of aromatic nitrogens is 2. The van der Waals surface area contributed by atoms with Crippen LogP contribution < -0.4 is 5.73 Å². The molecule has 3 nitrogen and oxygen atoms in total. The summed E-state index contributed by atoms with van der Waals surface area (Å²) < 4.78 is 2.09. The summed E-state index contributed by atoms with van der Waals surface area (Å²) in [4.78, 5) is 0. The molecule has 3 rings (SSSR count). The Hall–Kier alpha value is -1.32. The summed E-state index contributed by atoms with van der Waals surface area (Å²) >= 11 is 0. The number of halogens is 1. The first-order valence-electron chi connectivity index (χ1n) is 7.17. The van der Waals surface area contributed by atoms with Gasteiger partial charge in [0.2, 0.25) is 0 Å². The van der Waals surface area contributed by atoms with Crippen LogP contribution in [0, 0.1) is 5.92 Å². The van der Waals surface area contributed by atoms with Crippen molar-refractivity contribution in [2.75, 3.05) is 6.54 Å². The largest absolute Gasteiger partial charge is 0.330 e. The van der Waals surface area contributed by atoms with Crippen LogP contribution in [0.2, 0.25) is 0 Å². The maximum absolute atomic E-state index is 5.56. The van der Waals surface area contributed by atoms with Crippen LogP contribution in [0.4, 0.5) is 0 Å². The molecule has 1 heterocycles. The van der Waals surface area contributed by atoms with Crippen LogP contribution >= 0.6 is 12.4 Å². The van der Waals surface area contributed by atoms with Crippen molar-refractivity contribution >= 4 is 12.4 Å². The van der Waals surface area contributed by atoms with Crippen LogP contribution in [0.1, 0.15) is 24.8 Å². The third-order valence-corrected chi connectivity index (χ3v) is 4.02. The average Bonchev–Trinajstić information content (AvgIpc) is 2.84. The quantitative estimate of drug-likeness (QED) is 0.919. The number of nitrogens with two attached hydrogens (primary N) is 1. The second kappa shape index (κ2) is 6.91. The zero-order chi connectivity index (χ0) is 13.1. The molecule has 0 unspecified atom stereocenters. The van der Waals surface area contributed by atoms with Gasteiger partial charge in [0.05, 0.1) is 6.20 Å². The van der Waals surface area contributed by atoms with Gasteiger partial charge in [0, 0.05) is 18.3 Å². The second-order valence-corrected chi connectivity index (χ2v) is 5.48. The Kier molecular flexibility index (Phi) is 5.21. The molecule has 1 aromatic heterocycles. The molecule has 1 fully saturated rings. The molecule has 0 bridgehead atoms. The molecule has 0 spiro atoms. The standard InChI is InChI=1S/C16H21N3.ClH/c17-9-8-13-4-6-15(7-5-13)16-10-18-19(12-16)11-14-2-1-3-14;/h4-7,10,12,14H,1-3,8-9,11,17H2;1H. The van der Waals surface area contributed by atoms with Crippen LogP contribution in [0.15, 0.2) is 36.7 Å². The van der Waals surface area contributed by atoms with E-state index in [9.17, 15) is 0 Å². The first-order chi connectivity index (χ1) is 9.35. The zero-order valence-electron chi connectivity index (χ0n) is 11.7. The van der Waals surface area contributed by atoms with Crippen molar-refractivity contribution in [1.82, 2.24) is 9.78 Å². The topological polar surface area (TPSA) is 43.8 Å². The lowest BCUT2D eigenvalue weighted by molar-refractivity contribution is 0.266. The summed E-state index contributed by atoms with van der Waals surface area (Å²) in [5.74, 6) is 0.847. The molecular weight excluding hydrogens is 270 g/mol. The van der Waals surface area contributed by atoms with E-state index in [0.717, 1.165) is 18.9 Å². The number of rotatable bonds is 5. The normalized spacial score (nSPS) is 14.7. The van der Waals surface area contributed by atoms with Gasteiger partial charge in [-0.1, -0.05) is 30.7 Å². The van der Waals surface area contributed by atoms with Gasteiger partial charge in [0.25, 0.3) is 0 Å². The number of nitrogens with zero attached hydrogens (tertiary/aromatic N) is 2. The molecule has 0 saturated heterocycles. The lowest BCUT2D eigenvalue weighted by Gasteiger charge is -2.24. The van der Waals surface area contributed by atoms with Gasteiger partial charge in [-0.3, -0.25) is 4.68 Å². The van der Waals surface area contributed by atoms with Gasteiger partial charge >= 0.3 is 0 Å². The van der Waals surface area contributed by atoms with E-state index in [1.807, 2.05) is 6.20 Å². The van der Waals surface area contributed by atoms with Crippen molar-refractivity contribution < 1.29 is 0 Å². The highest BCUT2D eigenvalue weighted by molar-refractivity contribution is 5.85. The van der Waals surface area contributed by atoms with E-state index < -0.39 is 0 Å². The molecule has 0 amide bonds. The molecule has 1 aromatic carbocycles. The van der Waals surface area contributed by atoms with Crippen molar-refractivity contribution in [3.05, 3.63) is 42.2 Å². The van der Waals surface area contributed by atoms with Crippen LogP contribution in [0.5, 0.6) is 0 Å². The van der Waals surface area contributed by atoms with Crippen molar-refractivity contribution in [3.63, 3.8) is 0 Å². The van der Waals surface area contributed by atoms with Gasteiger partial charge in [-0.15, -0.1) is 12.4 Å². The molecule has 0 aliphatic heterocycles. The van der Waals surface area contributed by atoms with Gasteiger partial charge in [0.1, 0.15) is 0 Å². The maximum Gasteiger partial charge on any atom is 0.0568 e. The highest BCUT2D eigenvalue weighted by Crippen LogP contribution is 2.28. The number of hydrogen-bond acceptors (Lipinski definition) is 2. The summed E-state index contributed by atoms with van der Waals surface area (Å²) in [5, 5.41) is 4.47. The van der Waals surface area contributed by atoms with Crippen molar-refractivity contribution in [2.45, 2.75) is 32.2 Å². The number of benzene rings is 1. The molecular formula is C16H22ClN3. The van der Waals surface area contributed by atoms with E-state index >= 15 is 0 Å². The van der Waals surface area contributed by atoms with Crippen LogP contribution in [-0.2, 0) is 13.0 Å². The van der Waals surface area contributed by atoms with Gasteiger partial charge in [-0.25, -0.2) is 0 Å². The summed E-state index contributed by atoms with van der Waals surface area (Å²) in [6, 6.07) is 8.64. The van der Waals surface area contributed by atoms with Crippen molar-refractivity contribution in [2.24, 2.45) is 11.7 Å². The molecule has 2 aromatic rings. The maximum atomic E-state index is 5.56.